The van der Waals surface area contributed by atoms with E-state index >= 15 is 0 Å². The summed E-state index contributed by atoms with van der Waals surface area (Å²) in [4.78, 5) is 2.02. The van der Waals surface area contributed by atoms with Crippen molar-refractivity contribution in [2.75, 3.05) is 50.0 Å². The van der Waals surface area contributed by atoms with Gasteiger partial charge in [-0.05, 0) is 19.8 Å². The minimum absolute atomic E-state index is 0.135. The third-order valence-electron chi connectivity index (χ3n) is 4.61. The van der Waals surface area contributed by atoms with Gasteiger partial charge in [-0.25, -0.2) is 12.7 Å². The molecule has 2 fully saturated rings. The Morgan fingerprint density at radius 1 is 1.26 bits per heavy atom. The molecule has 2 aliphatic heterocycles. The maximum Gasteiger partial charge on any atom is 0.318 e. The van der Waals surface area contributed by atoms with Gasteiger partial charge in [-0.15, -0.1) is 5.10 Å². The fourth-order valence-corrected chi connectivity index (χ4v) is 4.64. The summed E-state index contributed by atoms with van der Waals surface area (Å²) in [6.45, 7) is 7.01. The standard InChI is InChI=1S/C14H24N4O4S/c1-3-23(19,20)18-6-4-5-14(10-18)9-17(7-8-21-11-14)13-16-15-12(2)22-13/h3-11H2,1-2H3/t14-/m0/s1. The van der Waals surface area contributed by atoms with Crippen LogP contribution in [0.1, 0.15) is 25.7 Å². The average molecular weight is 344 g/mol. The Labute approximate surface area is 136 Å². The SMILES string of the molecule is CCS(=O)(=O)N1CCC[C@@]2(COCCN(c3nnc(C)o3)C2)C1. The average Bonchev–Trinajstić information content (AvgIpc) is 2.87. The first-order valence-electron chi connectivity index (χ1n) is 8.05. The largest absolute Gasteiger partial charge is 0.408 e. The zero-order valence-corrected chi connectivity index (χ0v) is 14.5. The molecule has 1 aromatic rings. The Bertz CT molecular complexity index is 647. The van der Waals surface area contributed by atoms with Crippen LogP contribution in [0.3, 0.4) is 0 Å². The van der Waals surface area contributed by atoms with Crippen molar-refractivity contribution in [3.63, 3.8) is 0 Å². The molecule has 0 N–H and O–H groups in total. The van der Waals surface area contributed by atoms with Gasteiger partial charge >= 0.3 is 6.01 Å². The van der Waals surface area contributed by atoms with E-state index in [0.29, 0.717) is 51.3 Å². The molecule has 1 aromatic heterocycles. The molecule has 0 aromatic carbocycles. The summed E-state index contributed by atoms with van der Waals surface area (Å²) in [5.41, 5.74) is -0.223. The quantitative estimate of drug-likeness (QED) is 0.795. The number of hydrogen-bond acceptors (Lipinski definition) is 7. The molecule has 1 atom stereocenters. The van der Waals surface area contributed by atoms with Gasteiger partial charge in [0.05, 0.1) is 19.0 Å². The van der Waals surface area contributed by atoms with E-state index in [-0.39, 0.29) is 11.2 Å². The maximum absolute atomic E-state index is 12.3. The Morgan fingerprint density at radius 2 is 2.09 bits per heavy atom. The summed E-state index contributed by atoms with van der Waals surface area (Å²) in [6, 6.07) is 0.489. The number of aryl methyl sites for hydroxylation is 1. The first-order chi connectivity index (χ1) is 10.9. The van der Waals surface area contributed by atoms with Gasteiger partial charge in [-0.2, -0.15) is 0 Å². The number of nitrogens with zero attached hydrogens (tertiary/aromatic N) is 4. The first kappa shape index (κ1) is 16.7. The summed E-state index contributed by atoms with van der Waals surface area (Å²) in [5.74, 6) is 0.661. The van der Waals surface area contributed by atoms with Crippen molar-refractivity contribution >= 4 is 16.0 Å². The Kier molecular flexibility index (Phi) is 4.61. The van der Waals surface area contributed by atoms with Gasteiger partial charge in [0.1, 0.15) is 0 Å². The molecule has 0 amide bonds. The van der Waals surface area contributed by atoms with E-state index in [1.165, 1.54) is 0 Å². The van der Waals surface area contributed by atoms with E-state index < -0.39 is 10.0 Å². The third kappa shape index (κ3) is 3.51. The molecular weight excluding hydrogens is 320 g/mol. The highest BCUT2D eigenvalue weighted by Gasteiger charge is 2.42. The van der Waals surface area contributed by atoms with E-state index in [1.807, 2.05) is 4.90 Å². The highest BCUT2D eigenvalue weighted by Crippen LogP contribution is 2.35. The zero-order valence-electron chi connectivity index (χ0n) is 13.7. The number of piperidine rings is 1. The molecule has 0 aliphatic carbocycles. The second kappa shape index (κ2) is 6.37. The monoisotopic (exact) mass is 344 g/mol. The van der Waals surface area contributed by atoms with Crippen LogP contribution in [0.15, 0.2) is 4.42 Å². The van der Waals surface area contributed by atoms with Crippen LogP contribution in [-0.4, -0.2) is 68.1 Å². The molecule has 8 nitrogen and oxygen atoms in total. The summed E-state index contributed by atoms with van der Waals surface area (Å²) in [7, 11) is -3.18. The van der Waals surface area contributed by atoms with Crippen LogP contribution < -0.4 is 4.90 Å². The van der Waals surface area contributed by atoms with Crippen LogP contribution >= 0.6 is 0 Å². The van der Waals surface area contributed by atoms with Crippen molar-refractivity contribution in [1.29, 1.82) is 0 Å². The van der Waals surface area contributed by atoms with Crippen molar-refractivity contribution < 1.29 is 17.6 Å². The number of ether oxygens (including phenoxy) is 1. The van der Waals surface area contributed by atoms with Gasteiger partial charge in [0.2, 0.25) is 15.9 Å². The number of sulfonamides is 1. The van der Waals surface area contributed by atoms with Gasteiger partial charge in [0.25, 0.3) is 0 Å². The summed E-state index contributed by atoms with van der Waals surface area (Å²) < 4.78 is 37.4. The number of rotatable bonds is 3. The van der Waals surface area contributed by atoms with E-state index in [1.54, 1.807) is 18.2 Å². The minimum Gasteiger partial charge on any atom is -0.408 e. The summed E-state index contributed by atoms with van der Waals surface area (Å²) >= 11 is 0. The predicted octanol–water partition coefficient (Wildman–Crippen LogP) is 0.647. The fourth-order valence-electron chi connectivity index (χ4n) is 3.40. The predicted molar refractivity (Wildman–Crippen MR) is 84.8 cm³/mol. The van der Waals surface area contributed by atoms with Crippen molar-refractivity contribution in [2.24, 2.45) is 5.41 Å². The normalized spacial score (nSPS) is 27.3. The van der Waals surface area contributed by atoms with Gasteiger partial charge in [-0.1, -0.05) is 5.10 Å². The molecule has 0 radical (unpaired) electrons. The van der Waals surface area contributed by atoms with Crippen molar-refractivity contribution in [3.8, 4) is 0 Å². The lowest BCUT2D eigenvalue weighted by atomic mass is 9.81. The molecule has 2 saturated heterocycles. The highest BCUT2D eigenvalue weighted by molar-refractivity contribution is 7.89. The van der Waals surface area contributed by atoms with Gasteiger partial charge in [-0.3, -0.25) is 0 Å². The molecule has 9 heteroatoms. The Balaban J connectivity index is 1.81. The molecule has 0 unspecified atom stereocenters. The van der Waals surface area contributed by atoms with E-state index in [2.05, 4.69) is 10.2 Å². The molecule has 130 valence electrons. The topological polar surface area (TPSA) is 88.8 Å². The van der Waals surface area contributed by atoms with Gasteiger partial charge < -0.3 is 14.1 Å². The van der Waals surface area contributed by atoms with Crippen LogP contribution in [0.4, 0.5) is 6.01 Å². The van der Waals surface area contributed by atoms with Crippen LogP contribution in [0, 0.1) is 12.3 Å². The van der Waals surface area contributed by atoms with Crippen molar-refractivity contribution in [3.05, 3.63) is 5.89 Å². The van der Waals surface area contributed by atoms with Gasteiger partial charge in [0.15, 0.2) is 0 Å². The molecule has 23 heavy (non-hydrogen) atoms. The van der Waals surface area contributed by atoms with Crippen LogP contribution in [0.25, 0.3) is 0 Å². The van der Waals surface area contributed by atoms with Crippen molar-refractivity contribution in [2.45, 2.75) is 26.7 Å². The van der Waals surface area contributed by atoms with E-state index in [0.717, 1.165) is 12.8 Å². The van der Waals surface area contributed by atoms with E-state index in [9.17, 15) is 8.42 Å². The molecule has 3 rings (SSSR count). The fraction of sp³-hybridized carbons (Fsp3) is 0.857. The Morgan fingerprint density at radius 3 is 2.78 bits per heavy atom. The van der Waals surface area contributed by atoms with Crippen molar-refractivity contribution in [1.82, 2.24) is 14.5 Å². The first-order valence-corrected chi connectivity index (χ1v) is 9.66. The summed E-state index contributed by atoms with van der Waals surface area (Å²) in [6.07, 6.45) is 1.78. The number of aromatic nitrogens is 2. The lowest BCUT2D eigenvalue weighted by Gasteiger charge is -2.42. The molecule has 0 saturated carbocycles. The lowest BCUT2D eigenvalue weighted by Crippen LogP contribution is -2.52. The maximum atomic E-state index is 12.3. The third-order valence-corrected chi connectivity index (χ3v) is 6.44. The molecule has 2 aliphatic rings. The minimum atomic E-state index is -3.18. The van der Waals surface area contributed by atoms with E-state index in [4.69, 9.17) is 9.15 Å². The molecule has 1 spiro atoms. The number of hydrogen-bond donors (Lipinski definition) is 0. The van der Waals surface area contributed by atoms with Crippen LogP contribution in [0.5, 0.6) is 0 Å². The summed E-state index contributed by atoms with van der Waals surface area (Å²) in [5, 5.41) is 7.98. The van der Waals surface area contributed by atoms with Gasteiger partial charge in [0, 0.05) is 38.5 Å². The van der Waals surface area contributed by atoms with Crippen LogP contribution in [-0.2, 0) is 14.8 Å². The molecular formula is C14H24N4O4S. The molecule has 3 heterocycles. The highest BCUT2D eigenvalue weighted by atomic mass is 32.2. The van der Waals surface area contributed by atoms with Crippen LogP contribution in [0.2, 0.25) is 0 Å². The Hall–Kier alpha value is -1.19. The molecule has 0 bridgehead atoms. The zero-order chi connectivity index (χ0) is 16.5. The number of anilines is 1. The smallest absolute Gasteiger partial charge is 0.318 e. The second-order valence-electron chi connectivity index (χ2n) is 6.42. The lowest BCUT2D eigenvalue weighted by molar-refractivity contribution is 0.0350. The second-order valence-corrected chi connectivity index (χ2v) is 8.67.